The van der Waals surface area contributed by atoms with Crippen LogP contribution in [0.5, 0.6) is 11.5 Å². The van der Waals surface area contributed by atoms with Gasteiger partial charge in [-0.2, -0.15) is 0 Å². The standard InChI is InChI=1S/C23H22N2O3S/c1-15-4-6-16(7-5-15)22-25-18(14-29-22)13-21(26)24-17-8-9-19-20(12-17)28-23(27-19)10-2-3-11-23/h4-9,12,14H,2-3,10-11,13H2,1H3,(H,24,26). The SMILES string of the molecule is Cc1ccc(-c2nc(CC(=O)Nc3ccc4c(c3)OC3(CCCC3)O4)cs2)cc1. The molecule has 3 aromatic rings. The summed E-state index contributed by atoms with van der Waals surface area (Å²) in [7, 11) is 0. The lowest BCUT2D eigenvalue weighted by Crippen LogP contribution is -2.34. The number of aryl methyl sites for hydroxylation is 1. The largest absolute Gasteiger partial charge is 0.448 e. The Balaban J connectivity index is 1.24. The Labute approximate surface area is 173 Å². The number of anilines is 1. The molecule has 1 aromatic heterocycles. The molecule has 29 heavy (non-hydrogen) atoms. The molecule has 1 aliphatic heterocycles. The predicted octanol–water partition coefficient (Wildman–Crippen LogP) is 5.34. The Bertz CT molecular complexity index is 1050. The van der Waals surface area contributed by atoms with Gasteiger partial charge in [0.1, 0.15) is 5.01 Å². The van der Waals surface area contributed by atoms with Gasteiger partial charge in [-0.15, -0.1) is 11.3 Å². The molecular formula is C23H22N2O3S. The molecule has 2 aliphatic rings. The molecule has 1 N–H and O–H groups in total. The molecule has 0 unspecified atom stereocenters. The van der Waals surface area contributed by atoms with Gasteiger partial charge in [0.25, 0.3) is 5.79 Å². The number of hydrogen-bond acceptors (Lipinski definition) is 5. The molecule has 0 saturated heterocycles. The number of carbonyl (C=O) groups is 1. The number of ether oxygens (including phenoxy) is 2. The van der Waals surface area contributed by atoms with Gasteiger partial charge in [-0.05, 0) is 31.9 Å². The first-order chi connectivity index (χ1) is 14.1. The van der Waals surface area contributed by atoms with Crippen LogP contribution in [0.2, 0.25) is 0 Å². The average molecular weight is 407 g/mol. The van der Waals surface area contributed by atoms with E-state index in [9.17, 15) is 4.79 Å². The molecule has 1 saturated carbocycles. The summed E-state index contributed by atoms with van der Waals surface area (Å²) in [4.78, 5) is 17.1. The van der Waals surface area contributed by atoms with Crippen LogP contribution in [-0.2, 0) is 11.2 Å². The molecule has 1 amide bonds. The lowest BCUT2D eigenvalue weighted by molar-refractivity contribution is -0.115. The Kier molecular flexibility index (Phi) is 4.51. The fourth-order valence-corrected chi connectivity index (χ4v) is 4.70. The van der Waals surface area contributed by atoms with Crippen LogP contribution in [0.4, 0.5) is 5.69 Å². The van der Waals surface area contributed by atoms with Crippen molar-refractivity contribution in [3.8, 4) is 22.1 Å². The van der Waals surface area contributed by atoms with Crippen molar-refractivity contribution < 1.29 is 14.3 Å². The second kappa shape index (κ2) is 7.19. The Morgan fingerprint density at radius 2 is 1.86 bits per heavy atom. The molecule has 1 aliphatic carbocycles. The van der Waals surface area contributed by atoms with Crippen LogP contribution in [-0.4, -0.2) is 16.7 Å². The van der Waals surface area contributed by atoms with E-state index < -0.39 is 5.79 Å². The van der Waals surface area contributed by atoms with E-state index in [0.29, 0.717) is 11.4 Å². The molecule has 148 valence electrons. The van der Waals surface area contributed by atoms with Crippen LogP contribution in [0.3, 0.4) is 0 Å². The highest BCUT2D eigenvalue weighted by molar-refractivity contribution is 7.13. The van der Waals surface area contributed by atoms with E-state index >= 15 is 0 Å². The second-order valence-corrected chi connectivity index (χ2v) is 8.58. The minimum atomic E-state index is -0.488. The highest BCUT2D eigenvalue weighted by Crippen LogP contribution is 2.47. The van der Waals surface area contributed by atoms with Crippen LogP contribution in [0, 0.1) is 6.92 Å². The summed E-state index contributed by atoms with van der Waals surface area (Å²) in [6.07, 6.45) is 4.30. The summed E-state index contributed by atoms with van der Waals surface area (Å²) in [6.45, 7) is 2.06. The maximum Gasteiger partial charge on any atom is 0.251 e. The predicted molar refractivity (Wildman–Crippen MR) is 114 cm³/mol. The van der Waals surface area contributed by atoms with Gasteiger partial charge in [-0.3, -0.25) is 4.79 Å². The molecule has 5 rings (SSSR count). The van der Waals surface area contributed by atoms with Gasteiger partial charge in [0, 0.05) is 35.5 Å². The van der Waals surface area contributed by atoms with E-state index in [1.54, 1.807) is 11.3 Å². The van der Waals surface area contributed by atoms with Gasteiger partial charge in [-0.25, -0.2) is 4.98 Å². The first-order valence-corrected chi connectivity index (χ1v) is 10.8. The van der Waals surface area contributed by atoms with Crippen molar-refractivity contribution in [3.63, 3.8) is 0 Å². The highest BCUT2D eigenvalue weighted by Gasteiger charge is 2.44. The molecule has 1 fully saturated rings. The number of amides is 1. The fraction of sp³-hybridized carbons (Fsp3) is 0.304. The van der Waals surface area contributed by atoms with E-state index in [-0.39, 0.29) is 12.3 Å². The molecule has 5 nitrogen and oxygen atoms in total. The molecule has 2 heterocycles. The number of nitrogens with zero attached hydrogens (tertiary/aromatic N) is 1. The minimum absolute atomic E-state index is 0.0970. The van der Waals surface area contributed by atoms with E-state index in [2.05, 4.69) is 41.5 Å². The Morgan fingerprint density at radius 3 is 2.66 bits per heavy atom. The van der Waals surface area contributed by atoms with Crippen LogP contribution in [0.1, 0.15) is 36.9 Å². The van der Waals surface area contributed by atoms with Crippen molar-refractivity contribution in [2.75, 3.05) is 5.32 Å². The first kappa shape index (κ1) is 18.2. The van der Waals surface area contributed by atoms with Crippen LogP contribution < -0.4 is 14.8 Å². The summed E-state index contributed by atoms with van der Waals surface area (Å²) in [5.74, 6) is 0.880. The van der Waals surface area contributed by atoms with Crippen molar-refractivity contribution in [2.45, 2.75) is 44.8 Å². The number of rotatable bonds is 4. The third kappa shape index (κ3) is 3.72. The maximum absolute atomic E-state index is 12.5. The van der Waals surface area contributed by atoms with Crippen LogP contribution >= 0.6 is 11.3 Å². The number of carbonyl (C=O) groups excluding carboxylic acids is 1. The fourth-order valence-electron chi connectivity index (χ4n) is 3.88. The van der Waals surface area contributed by atoms with Gasteiger partial charge < -0.3 is 14.8 Å². The van der Waals surface area contributed by atoms with Gasteiger partial charge in [-0.1, -0.05) is 29.8 Å². The summed E-state index contributed by atoms with van der Waals surface area (Å²) in [5, 5.41) is 5.82. The zero-order valence-corrected chi connectivity index (χ0v) is 17.1. The smallest absolute Gasteiger partial charge is 0.251 e. The number of nitrogens with one attached hydrogen (secondary N) is 1. The summed E-state index contributed by atoms with van der Waals surface area (Å²) in [5.41, 5.74) is 3.77. The van der Waals surface area contributed by atoms with Crippen molar-refractivity contribution in [2.24, 2.45) is 0 Å². The van der Waals surface area contributed by atoms with Gasteiger partial charge in [0.2, 0.25) is 5.91 Å². The zero-order valence-electron chi connectivity index (χ0n) is 16.2. The molecule has 0 atom stereocenters. The second-order valence-electron chi connectivity index (χ2n) is 7.72. The summed E-state index contributed by atoms with van der Waals surface area (Å²) in [6, 6.07) is 13.8. The average Bonchev–Trinajstić information content (AvgIpc) is 3.42. The third-order valence-electron chi connectivity index (χ3n) is 5.38. The molecule has 1 spiro atoms. The minimum Gasteiger partial charge on any atom is -0.448 e. The molecule has 6 heteroatoms. The number of hydrogen-bond donors (Lipinski definition) is 1. The monoisotopic (exact) mass is 406 g/mol. The van der Waals surface area contributed by atoms with E-state index in [0.717, 1.165) is 47.7 Å². The molecule has 0 radical (unpaired) electrons. The van der Waals surface area contributed by atoms with Crippen LogP contribution in [0.25, 0.3) is 10.6 Å². The normalized spacial score (nSPS) is 16.3. The lowest BCUT2D eigenvalue weighted by Gasteiger charge is -2.21. The summed E-state index contributed by atoms with van der Waals surface area (Å²) >= 11 is 1.56. The Morgan fingerprint density at radius 1 is 1.10 bits per heavy atom. The highest BCUT2D eigenvalue weighted by atomic mass is 32.1. The Hall–Kier alpha value is -2.86. The van der Waals surface area contributed by atoms with E-state index in [4.69, 9.17) is 9.47 Å². The number of thiazole rings is 1. The quantitative estimate of drug-likeness (QED) is 0.635. The molecule has 2 aromatic carbocycles. The van der Waals surface area contributed by atoms with Gasteiger partial charge >= 0.3 is 0 Å². The third-order valence-corrected chi connectivity index (χ3v) is 6.32. The van der Waals surface area contributed by atoms with Crippen molar-refractivity contribution >= 4 is 22.9 Å². The van der Waals surface area contributed by atoms with Gasteiger partial charge in [0.05, 0.1) is 12.1 Å². The van der Waals surface area contributed by atoms with E-state index in [1.807, 2.05) is 23.6 Å². The first-order valence-electron chi connectivity index (χ1n) is 9.92. The zero-order chi connectivity index (χ0) is 19.8. The van der Waals surface area contributed by atoms with E-state index in [1.165, 1.54) is 5.56 Å². The van der Waals surface area contributed by atoms with Crippen molar-refractivity contribution in [3.05, 3.63) is 59.1 Å². The number of fused-ring (bicyclic) bond motifs is 1. The van der Waals surface area contributed by atoms with Crippen molar-refractivity contribution in [1.82, 2.24) is 4.98 Å². The van der Waals surface area contributed by atoms with Gasteiger partial charge in [0.15, 0.2) is 11.5 Å². The van der Waals surface area contributed by atoms with Crippen LogP contribution in [0.15, 0.2) is 47.8 Å². The van der Waals surface area contributed by atoms with Crippen molar-refractivity contribution in [1.29, 1.82) is 0 Å². The number of aromatic nitrogens is 1. The molecule has 0 bridgehead atoms. The molecular weight excluding hydrogens is 384 g/mol. The topological polar surface area (TPSA) is 60.5 Å². The lowest BCUT2D eigenvalue weighted by atomic mass is 10.2. The number of benzene rings is 2. The maximum atomic E-state index is 12.5. The summed E-state index contributed by atoms with van der Waals surface area (Å²) < 4.78 is 12.1.